The Balaban J connectivity index is 2.93. The summed E-state index contributed by atoms with van der Waals surface area (Å²) in [5.74, 6) is -0.361. The van der Waals surface area contributed by atoms with Crippen LogP contribution in [0.5, 0.6) is 5.75 Å². The third-order valence-electron chi connectivity index (χ3n) is 2.83. The van der Waals surface area contributed by atoms with E-state index < -0.39 is 11.5 Å². The van der Waals surface area contributed by atoms with Crippen LogP contribution in [0.4, 0.5) is 8.78 Å². The lowest BCUT2D eigenvalue weighted by molar-refractivity contribution is 0.156. The summed E-state index contributed by atoms with van der Waals surface area (Å²) in [6.45, 7) is 1.78. The van der Waals surface area contributed by atoms with Crippen molar-refractivity contribution < 1.29 is 13.5 Å². The Hall–Kier alpha value is -1.16. The van der Waals surface area contributed by atoms with Crippen LogP contribution in [0, 0.1) is 5.82 Å². The molecule has 4 heteroatoms. The van der Waals surface area contributed by atoms with E-state index in [2.05, 4.69) is 0 Å². The van der Waals surface area contributed by atoms with Gasteiger partial charge in [0, 0.05) is 13.0 Å². The van der Waals surface area contributed by atoms with Crippen LogP contribution in [0.2, 0.25) is 0 Å². The zero-order valence-corrected chi connectivity index (χ0v) is 10.3. The first-order valence-corrected chi connectivity index (χ1v) is 5.76. The summed E-state index contributed by atoms with van der Waals surface area (Å²) >= 11 is 0. The van der Waals surface area contributed by atoms with Gasteiger partial charge in [0.25, 0.3) is 0 Å². The second-order valence-corrected chi connectivity index (χ2v) is 4.22. The Kier molecular flexibility index (Phi) is 4.87. The summed E-state index contributed by atoms with van der Waals surface area (Å²) < 4.78 is 33.0. The zero-order chi connectivity index (χ0) is 12.9. The molecule has 96 valence electrons. The van der Waals surface area contributed by atoms with Crippen molar-refractivity contribution >= 4 is 0 Å². The molecule has 0 bridgehead atoms. The van der Waals surface area contributed by atoms with Crippen LogP contribution in [0.1, 0.15) is 25.3 Å². The molecule has 0 spiro atoms. The smallest absolute Gasteiger partial charge is 0.168 e. The number of methoxy groups -OCH3 is 1. The Bertz CT molecular complexity index is 370. The molecule has 1 aromatic carbocycles. The van der Waals surface area contributed by atoms with E-state index in [9.17, 15) is 8.78 Å². The molecule has 17 heavy (non-hydrogen) atoms. The quantitative estimate of drug-likeness (QED) is 0.833. The minimum Gasteiger partial charge on any atom is -0.494 e. The van der Waals surface area contributed by atoms with Crippen molar-refractivity contribution in [3.63, 3.8) is 0 Å². The fraction of sp³-hybridized carbons (Fsp3) is 0.538. The molecule has 1 unspecified atom stereocenters. The van der Waals surface area contributed by atoms with Gasteiger partial charge in [-0.15, -0.1) is 0 Å². The third kappa shape index (κ3) is 3.40. The van der Waals surface area contributed by atoms with Crippen LogP contribution in [0.15, 0.2) is 18.2 Å². The molecule has 0 saturated heterocycles. The normalized spacial score (nSPS) is 14.4. The van der Waals surface area contributed by atoms with Gasteiger partial charge in [-0.1, -0.05) is 25.5 Å². The lowest BCUT2D eigenvalue weighted by atomic mass is 9.91. The molecule has 0 fully saturated rings. The SMILES string of the molecule is CCCC(F)(CN)Cc1cccc(OC)c1F. The molecule has 0 saturated carbocycles. The molecule has 0 aliphatic rings. The van der Waals surface area contributed by atoms with Gasteiger partial charge in [-0.05, 0) is 18.1 Å². The van der Waals surface area contributed by atoms with Crippen molar-refractivity contribution in [1.29, 1.82) is 0 Å². The fourth-order valence-electron chi connectivity index (χ4n) is 1.90. The molecule has 2 N–H and O–H groups in total. The number of rotatable bonds is 6. The number of nitrogens with two attached hydrogens (primary N) is 1. The Morgan fingerprint density at radius 3 is 2.65 bits per heavy atom. The standard InChI is InChI=1S/C13H19F2NO/c1-3-7-13(15,9-16)8-10-5-4-6-11(17-2)12(10)14/h4-6H,3,7-9,16H2,1-2H3. The van der Waals surface area contributed by atoms with Gasteiger partial charge >= 0.3 is 0 Å². The molecule has 1 aromatic rings. The van der Waals surface area contributed by atoms with Crippen molar-refractivity contribution in [3.8, 4) is 5.75 Å². The van der Waals surface area contributed by atoms with Gasteiger partial charge in [-0.25, -0.2) is 8.78 Å². The highest BCUT2D eigenvalue weighted by Gasteiger charge is 2.29. The minimum absolute atomic E-state index is 0.0135. The molecule has 0 amide bonds. The predicted molar refractivity (Wildman–Crippen MR) is 64.5 cm³/mol. The molecular weight excluding hydrogens is 224 g/mol. The van der Waals surface area contributed by atoms with Crippen LogP contribution in [-0.2, 0) is 6.42 Å². The van der Waals surface area contributed by atoms with Crippen molar-refractivity contribution in [3.05, 3.63) is 29.6 Å². The highest BCUT2D eigenvalue weighted by molar-refractivity contribution is 5.32. The molecule has 0 heterocycles. The summed E-state index contributed by atoms with van der Waals surface area (Å²) in [5.41, 5.74) is 4.20. The highest BCUT2D eigenvalue weighted by Crippen LogP contribution is 2.27. The van der Waals surface area contributed by atoms with E-state index >= 15 is 0 Å². The first-order valence-electron chi connectivity index (χ1n) is 5.76. The summed E-state index contributed by atoms with van der Waals surface area (Å²) in [6.07, 6.45) is 1.000. The van der Waals surface area contributed by atoms with Crippen LogP contribution in [0.25, 0.3) is 0 Å². The van der Waals surface area contributed by atoms with Gasteiger partial charge in [0.15, 0.2) is 11.6 Å². The van der Waals surface area contributed by atoms with Crippen molar-refractivity contribution in [2.45, 2.75) is 31.9 Å². The summed E-state index contributed by atoms with van der Waals surface area (Å²) in [6, 6.07) is 4.73. The number of hydrogen-bond acceptors (Lipinski definition) is 2. The predicted octanol–water partition coefficient (Wildman–Crippen LogP) is 2.84. The first kappa shape index (κ1) is 13.9. The topological polar surface area (TPSA) is 35.2 Å². The molecule has 1 rings (SSSR count). The van der Waals surface area contributed by atoms with Crippen molar-refractivity contribution in [2.24, 2.45) is 5.73 Å². The second kappa shape index (κ2) is 5.96. The fourth-order valence-corrected chi connectivity index (χ4v) is 1.90. The van der Waals surface area contributed by atoms with Crippen LogP contribution in [-0.4, -0.2) is 19.3 Å². The molecular formula is C13H19F2NO. The van der Waals surface area contributed by atoms with E-state index in [1.54, 1.807) is 12.1 Å². The average Bonchev–Trinajstić information content (AvgIpc) is 2.32. The molecule has 1 atom stereocenters. The van der Waals surface area contributed by atoms with Gasteiger partial charge in [0.2, 0.25) is 0 Å². The summed E-state index contributed by atoms with van der Waals surface area (Å²) in [5, 5.41) is 0. The van der Waals surface area contributed by atoms with Crippen LogP contribution < -0.4 is 10.5 Å². The van der Waals surface area contributed by atoms with E-state index in [-0.39, 0.29) is 18.7 Å². The van der Waals surface area contributed by atoms with E-state index in [0.29, 0.717) is 18.4 Å². The zero-order valence-electron chi connectivity index (χ0n) is 10.3. The van der Waals surface area contributed by atoms with E-state index in [1.807, 2.05) is 6.92 Å². The number of alkyl halides is 1. The maximum absolute atomic E-state index is 14.3. The van der Waals surface area contributed by atoms with Crippen LogP contribution >= 0.6 is 0 Å². The largest absolute Gasteiger partial charge is 0.494 e. The van der Waals surface area contributed by atoms with Crippen molar-refractivity contribution in [1.82, 2.24) is 0 Å². The van der Waals surface area contributed by atoms with E-state index in [0.717, 1.165) is 0 Å². The monoisotopic (exact) mass is 243 g/mol. The van der Waals surface area contributed by atoms with E-state index in [4.69, 9.17) is 10.5 Å². The Morgan fingerprint density at radius 2 is 2.12 bits per heavy atom. The van der Waals surface area contributed by atoms with Crippen molar-refractivity contribution in [2.75, 3.05) is 13.7 Å². The van der Waals surface area contributed by atoms with Gasteiger partial charge in [-0.2, -0.15) is 0 Å². The summed E-state index contributed by atoms with van der Waals surface area (Å²) in [7, 11) is 1.39. The highest BCUT2D eigenvalue weighted by atomic mass is 19.1. The Morgan fingerprint density at radius 1 is 1.41 bits per heavy atom. The summed E-state index contributed by atoms with van der Waals surface area (Å²) in [4.78, 5) is 0. The minimum atomic E-state index is -1.54. The van der Waals surface area contributed by atoms with Gasteiger partial charge < -0.3 is 10.5 Å². The molecule has 0 aliphatic carbocycles. The van der Waals surface area contributed by atoms with Gasteiger partial charge in [0.05, 0.1) is 7.11 Å². The average molecular weight is 243 g/mol. The number of halogens is 2. The van der Waals surface area contributed by atoms with Gasteiger partial charge in [0.1, 0.15) is 5.67 Å². The lowest BCUT2D eigenvalue weighted by Gasteiger charge is -2.23. The third-order valence-corrected chi connectivity index (χ3v) is 2.83. The number of ether oxygens (including phenoxy) is 1. The first-order chi connectivity index (χ1) is 8.06. The molecule has 2 nitrogen and oxygen atoms in total. The Labute approximate surface area is 101 Å². The molecule has 0 aromatic heterocycles. The molecule has 0 radical (unpaired) electrons. The van der Waals surface area contributed by atoms with Crippen LogP contribution in [0.3, 0.4) is 0 Å². The number of benzene rings is 1. The van der Waals surface area contributed by atoms with Gasteiger partial charge in [-0.3, -0.25) is 0 Å². The van der Waals surface area contributed by atoms with E-state index in [1.165, 1.54) is 13.2 Å². The maximum Gasteiger partial charge on any atom is 0.168 e. The maximum atomic E-state index is 14.3. The number of hydrogen-bond donors (Lipinski definition) is 1. The molecule has 0 aliphatic heterocycles. The second-order valence-electron chi connectivity index (χ2n) is 4.22. The lowest BCUT2D eigenvalue weighted by Crippen LogP contribution is -2.35.